The Kier molecular flexibility index (Phi) is 6.87. The first-order valence-corrected chi connectivity index (χ1v) is 11.4. The van der Waals surface area contributed by atoms with Crippen molar-refractivity contribution in [3.05, 3.63) is 83.8 Å². The number of imidazole rings is 1. The summed E-state index contributed by atoms with van der Waals surface area (Å²) >= 11 is 1.32. The molecule has 0 aliphatic rings. The quantitative estimate of drug-likeness (QED) is 0.239. The summed E-state index contributed by atoms with van der Waals surface area (Å²) < 4.78 is 54.5. The van der Waals surface area contributed by atoms with Crippen molar-refractivity contribution in [3.63, 3.8) is 0 Å². The van der Waals surface area contributed by atoms with Crippen molar-refractivity contribution in [2.24, 2.45) is 0 Å². The van der Waals surface area contributed by atoms with Crippen LogP contribution in [0, 0.1) is 5.82 Å². The van der Waals surface area contributed by atoms with Crippen LogP contribution in [0.5, 0.6) is 0 Å². The molecule has 4 rings (SSSR count). The van der Waals surface area contributed by atoms with E-state index in [0.29, 0.717) is 28.5 Å². The number of thioether (sulfide) groups is 1. The Morgan fingerprint density at radius 2 is 1.91 bits per heavy atom. The van der Waals surface area contributed by atoms with Gasteiger partial charge in [0.1, 0.15) is 17.4 Å². The average molecular weight is 489 g/mol. The molecule has 0 aliphatic heterocycles. The summed E-state index contributed by atoms with van der Waals surface area (Å²) in [6.45, 7) is 1.80. The number of fused-ring (bicyclic) bond motifs is 1. The molecule has 1 N–H and O–H groups in total. The minimum absolute atomic E-state index is 0.0459. The fourth-order valence-electron chi connectivity index (χ4n) is 3.55. The molecule has 0 saturated heterocycles. The van der Waals surface area contributed by atoms with E-state index in [9.17, 15) is 22.4 Å². The number of pyridine rings is 1. The largest absolute Gasteiger partial charge is 0.416 e. The summed E-state index contributed by atoms with van der Waals surface area (Å²) in [6.07, 6.45) is -2.59. The van der Waals surface area contributed by atoms with E-state index in [0.717, 1.165) is 17.7 Å². The van der Waals surface area contributed by atoms with Gasteiger partial charge >= 0.3 is 6.18 Å². The lowest BCUT2D eigenvalue weighted by Gasteiger charge is -2.20. The third kappa shape index (κ3) is 5.22. The molecule has 10 heteroatoms. The maximum absolute atomic E-state index is 13.6. The Balaban J connectivity index is 1.65. The van der Waals surface area contributed by atoms with E-state index in [2.05, 4.69) is 15.3 Å². The van der Waals surface area contributed by atoms with Crippen molar-refractivity contribution >= 4 is 34.5 Å². The van der Waals surface area contributed by atoms with E-state index in [4.69, 9.17) is 0 Å². The van der Waals surface area contributed by atoms with Gasteiger partial charge in [-0.1, -0.05) is 36.9 Å². The highest BCUT2D eigenvalue weighted by Crippen LogP contribution is 2.33. The maximum atomic E-state index is 13.6. The van der Waals surface area contributed by atoms with Crippen LogP contribution in [0.15, 0.2) is 72.0 Å². The highest BCUT2D eigenvalue weighted by Gasteiger charge is 2.31. The van der Waals surface area contributed by atoms with E-state index in [1.54, 1.807) is 42.0 Å². The first-order chi connectivity index (χ1) is 16.3. The number of rotatable bonds is 7. The first kappa shape index (κ1) is 23.7. The number of amides is 1. The van der Waals surface area contributed by atoms with Crippen molar-refractivity contribution in [3.8, 4) is 0 Å². The molecular weight excluding hydrogens is 468 g/mol. The van der Waals surface area contributed by atoms with Gasteiger partial charge in [-0.25, -0.2) is 14.4 Å². The zero-order valence-electron chi connectivity index (χ0n) is 18.0. The van der Waals surface area contributed by atoms with E-state index >= 15 is 0 Å². The smallest absolute Gasteiger partial charge is 0.324 e. The van der Waals surface area contributed by atoms with Crippen LogP contribution >= 0.6 is 11.8 Å². The number of nitrogens with one attached hydrogen (secondary N) is 1. The Hall–Kier alpha value is -3.40. The molecule has 4 aromatic rings. The van der Waals surface area contributed by atoms with Crippen LogP contribution in [0.4, 0.5) is 23.2 Å². The normalized spacial score (nSPS) is 12.6. The van der Waals surface area contributed by atoms with Crippen LogP contribution in [-0.2, 0) is 16.7 Å². The highest BCUT2D eigenvalue weighted by molar-refractivity contribution is 7.98. The van der Waals surface area contributed by atoms with Crippen molar-refractivity contribution in [1.82, 2.24) is 14.5 Å². The number of anilines is 1. The van der Waals surface area contributed by atoms with E-state index < -0.39 is 23.7 Å². The molecule has 2 aromatic heterocycles. The van der Waals surface area contributed by atoms with Gasteiger partial charge < -0.3 is 5.32 Å². The number of halogens is 4. The standard InChI is InChI=1S/C24H20F4N4OS/c1-2-20(22(33)30-18-9-4-7-16(13-18)24(26,27)28)32-21-19(10-5-11-29-21)31-23(32)34-14-15-6-3-8-17(25)12-15/h3-13,20H,2,14H2,1H3,(H,30,33). The van der Waals surface area contributed by atoms with Gasteiger partial charge in [0.2, 0.25) is 5.91 Å². The Morgan fingerprint density at radius 1 is 1.12 bits per heavy atom. The third-order valence-corrected chi connectivity index (χ3v) is 6.16. The summed E-state index contributed by atoms with van der Waals surface area (Å²) in [6, 6.07) is 13.4. The van der Waals surface area contributed by atoms with E-state index in [1.807, 2.05) is 0 Å². The summed E-state index contributed by atoms with van der Waals surface area (Å²) in [5.74, 6) is -0.424. The number of benzene rings is 2. The van der Waals surface area contributed by atoms with Gasteiger partial charge in [-0.3, -0.25) is 9.36 Å². The monoisotopic (exact) mass is 488 g/mol. The lowest BCUT2D eigenvalue weighted by atomic mass is 10.1. The van der Waals surface area contributed by atoms with Crippen LogP contribution in [0.25, 0.3) is 11.2 Å². The fourth-order valence-corrected chi connectivity index (χ4v) is 4.54. The van der Waals surface area contributed by atoms with Crippen molar-refractivity contribution in [2.75, 3.05) is 5.32 Å². The summed E-state index contributed by atoms with van der Waals surface area (Å²) in [5.41, 5.74) is 1.01. The van der Waals surface area contributed by atoms with Crippen molar-refractivity contribution in [2.45, 2.75) is 36.5 Å². The average Bonchev–Trinajstić information content (AvgIpc) is 3.16. The van der Waals surface area contributed by atoms with E-state index in [1.165, 1.54) is 36.0 Å². The van der Waals surface area contributed by atoms with Gasteiger partial charge in [0, 0.05) is 17.6 Å². The van der Waals surface area contributed by atoms with Crippen LogP contribution < -0.4 is 5.32 Å². The molecule has 0 saturated carbocycles. The minimum atomic E-state index is -4.52. The lowest BCUT2D eigenvalue weighted by Crippen LogP contribution is -2.26. The number of alkyl halides is 3. The van der Waals surface area contributed by atoms with E-state index in [-0.39, 0.29) is 11.5 Å². The van der Waals surface area contributed by atoms with Crippen molar-refractivity contribution < 1.29 is 22.4 Å². The molecule has 2 aromatic carbocycles. The number of aromatic nitrogens is 3. The SMILES string of the molecule is CCC(C(=O)Nc1cccc(C(F)(F)F)c1)n1c(SCc2cccc(F)c2)nc2cccnc21. The second kappa shape index (κ2) is 9.84. The Labute approximate surface area is 197 Å². The molecule has 34 heavy (non-hydrogen) atoms. The van der Waals surface area contributed by atoms with Gasteiger partial charge in [0.25, 0.3) is 0 Å². The number of nitrogens with zero attached hydrogens (tertiary/aromatic N) is 3. The second-order valence-corrected chi connectivity index (χ2v) is 8.46. The predicted molar refractivity (Wildman–Crippen MR) is 123 cm³/mol. The number of hydrogen-bond acceptors (Lipinski definition) is 4. The van der Waals surface area contributed by atoms with Gasteiger partial charge in [0.05, 0.1) is 5.56 Å². The predicted octanol–water partition coefficient (Wildman–Crippen LogP) is 6.47. The van der Waals surface area contributed by atoms with Gasteiger partial charge in [0.15, 0.2) is 10.8 Å². The van der Waals surface area contributed by atoms with Crippen LogP contribution in [0.1, 0.15) is 30.5 Å². The molecule has 2 heterocycles. The lowest BCUT2D eigenvalue weighted by molar-refractivity contribution is -0.137. The summed E-state index contributed by atoms with van der Waals surface area (Å²) in [5, 5.41) is 3.10. The second-order valence-electron chi connectivity index (χ2n) is 7.52. The molecule has 0 bridgehead atoms. The maximum Gasteiger partial charge on any atom is 0.416 e. The first-order valence-electron chi connectivity index (χ1n) is 10.4. The fraction of sp³-hybridized carbons (Fsp3) is 0.208. The van der Waals surface area contributed by atoms with Gasteiger partial charge in [-0.2, -0.15) is 13.2 Å². The van der Waals surface area contributed by atoms with Gasteiger partial charge in [-0.15, -0.1) is 0 Å². The third-order valence-electron chi connectivity index (χ3n) is 5.13. The molecule has 1 amide bonds. The molecular formula is C24H20F4N4OS. The zero-order valence-corrected chi connectivity index (χ0v) is 18.8. The molecule has 1 unspecified atom stereocenters. The minimum Gasteiger partial charge on any atom is -0.324 e. The Morgan fingerprint density at radius 3 is 2.65 bits per heavy atom. The topological polar surface area (TPSA) is 59.8 Å². The molecule has 0 fully saturated rings. The van der Waals surface area contributed by atoms with Crippen LogP contribution in [0.2, 0.25) is 0 Å². The van der Waals surface area contributed by atoms with Crippen molar-refractivity contribution in [1.29, 1.82) is 0 Å². The molecule has 0 aliphatic carbocycles. The molecule has 0 spiro atoms. The van der Waals surface area contributed by atoms with Gasteiger partial charge in [-0.05, 0) is 54.4 Å². The molecule has 5 nitrogen and oxygen atoms in total. The number of carbonyl (C=O) groups excluding carboxylic acids is 1. The summed E-state index contributed by atoms with van der Waals surface area (Å²) in [4.78, 5) is 22.2. The highest BCUT2D eigenvalue weighted by atomic mass is 32.2. The molecule has 1 atom stereocenters. The number of hydrogen-bond donors (Lipinski definition) is 1. The summed E-state index contributed by atoms with van der Waals surface area (Å²) in [7, 11) is 0. The Bertz CT molecular complexity index is 1320. The zero-order chi connectivity index (χ0) is 24.3. The number of carbonyl (C=O) groups is 1. The molecule has 0 radical (unpaired) electrons. The molecule has 176 valence electrons. The van der Waals surface area contributed by atoms with Crippen LogP contribution in [-0.4, -0.2) is 20.4 Å². The van der Waals surface area contributed by atoms with Crippen LogP contribution in [0.3, 0.4) is 0 Å².